The Morgan fingerprint density at radius 3 is 2.67 bits per heavy atom. The first-order valence-corrected chi connectivity index (χ1v) is 11.7. The first-order chi connectivity index (χ1) is 14.3. The van der Waals surface area contributed by atoms with Gasteiger partial charge in [-0.3, -0.25) is 4.79 Å². The van der Waals surface area contributed by atoms with Crippen LogP contribution in [0.3, 0.4) is 0 Å². The molecule has 0 spiro atoms. The average Bonchev–Trinajstić information content (AvgIpc) is 3.28. The van der Waals surface area contributed by atoms with Crippen molar-refractivity contribution in [3.05, 3.63) is 68.9 Å². The fourth-order valence-corrected chi connectivity index (χ4v) is 5.46. The van der Waals surface area contributed by atoms with Gasteiger partial charge in [0, 0.05) is 10.6 Å². The summed E-state index contributed by atoms with van der Waals surface area (Å²) in [7, 11) is 0. The number of aliphatic imine (C=N–C) groups is 1. The van der Waals surface area contributed by atoms with Crippen molar-refractivity contribution in [3.63, 3.8) is 0 Å². The lowest BCUT2D eigenvalue weighted by Crippen LogP contribution is -2.27. The summed E-state index contributed by atoms with van der Waals surface area (Å²) in [4.78, 5) is 19.2. The largest absolute Gasteiger partial charge is 0.448 e. The molecule has 156 valence electrons. The zero-order valence-electron chi connectivity index (χ0n) is 17.4. The SMILES string of the molecule is CC(C)(C)[C@H]1CCc2c(sc(N=Cc3ccc(Br)o3)c2C(=O)Nc2ccccc2)C1. The Kier molecular flexibility index (Phi) is 5.98. The maximum absolute atomic E-state index is 13.3. The number of nitrogens with one attached hydrogen (secondary N) is 1. The van der Waals surface area contributed by atoms with Gasteiger partial charge in [0.2, 0.25) is 0 Å². The Hall–Kier alpha value is -2.18. The molecular weight excluding hydrogens is 460 g/mol. The highest BCUT2D eigenvalue weighted by molar-refractivity contribution is 9.10. The topological polar surface area (TPSA) is 54.6 Å². The van der Waals surface area contributed by atoms with Crippen LogP contribution in [0, 0.1) is 11.3 Å². The molecule has 1 amide bonds. The van der Waals surface area contributed by atoms with Gasteiger partial charge in [-0.1, -0.05) is 39.0 Å². The van der Waals surface area contributed by atoms with Gasteiger partial charge in [0.05, 0.1) is 11.8 Å². The van der Waals surface area contributed by atoms with E-state index in [1.54, 1.807) is 17.6 Å². The van der Waals surface area contributed by atoms with Crippen molar-refractivity contribution in [2.24, 2.45) is 16.3 Å². The number of thiophene rings is 1. The first kappa shape index (κ1) is 21.1. The van der Waals surface area contributed by atoms with E-state index in [-0.39, 0.29) is 11.3 Å². The van der Waals surface area contributed by atoms with Gasteiger partial charge >= 0.3 is 0 Å². The number of anilines is 1. The van der Waals surface area contributed by atoms with Gasteiger partial charge in [0.25, 0.3) is 5.91 Å². The molecule has 1 atom stereocenters. The minimum Gasteiger partial charge on any atom is -0.448 e. The van der Waals surface area contributed by atoms with E-state index in [1.165, 1.54) is 4.88 Å². The molecule has 0 unspecified atom stereocenters. The number of fused-ring (bicyclic) bond motifs is 1. The van der Waals surface area contributed by atoms with E-state index in [0.29, 0.717) is 21.9 Å². The summed E-state index contributed by atoms with van der Waals surface area (Å²) in [5, 5.41) is 3.79. The molecule has 2 heterocycles. The van der Waals surface area contributed by atoms with Crippen LogP contribution in [-0.2, 0) is 12.8 Å². The Morgan fingerprint density at radius 1 is 1.23 bits per heavy atom. The van der Waals surface area contributed by atoms with Crippen LogP contribution in [0.4, 0.5) is 10.7 Å². The van der Waals surface area contributed by atoms with E-state index in [0.717, 1.165) is 35.5 Å². The van der Waals surface area contributed by atoms with Crippen molar-refractivity contribution in [2.75, 3.05) is 5.32 Å². The molecule has 0 saturated heterocycles. The molecule has 2 aromatic heterocycles. The predicted octanol–water partition coefficient (Wildman–Crippen LogP) is 7.26. The Morgan fingerprint density at radius 2 is 2.00 bits per heavy atom. The van der Waals surface area contributed by atoms with E-state index in [1.807, 2.05) is 42.5 Å². The predicted molar refractivity (Wildman–Crippen MR) is 127 cm³/mol. The minimum absolute atomic E-state index is 0.0966. The van der Waals surface area contributed by atoms with Crippen LogP contribution in [0.5, 0.6) is 0 Å². The lowest BCUT2D eigenvalue weighted by molar-refractivity contribution is 0.102. The van der Waals surface area contributed by atoms with Crippen molar-refractivity contribution >= 4 is 50.1 Å². The number of amides is 1. The summed E-state index contributed by atoms with van der Waals surface area (Å²) in [5.41, 5.74) is 2.89. The van der Waals surface area contributed by atoms with E-state index in [9.17, 15) is 4.79 Å². The molecule has 1 aliphatic carbocycles. The number of rotatable bonds is 4. The van der Waals surface area contributed by atoms with Crippen LogP contribution in [0.15, 0.2) is 56.5 Å². The number of hydrogen-bond donors (Lipinski definition) is 1. The molecule has 0 radical (unpaired) electrons. The standard InChI is InChI=1S/C24H25BrN2O2S/c1-24(2,3)15-9-11-18-19(13-15)30-23(26-14-17-10-12-20(25)29-17)21(18)22(28)27-16-7-5-4-6-8-16/h4-8,10,12,14-15H,9,11,13H2,1-3H3,(H,27,28)/t15-/m0/s1. The molecule has 30 heavy (non-hydrogen) atoms. The Bertz CT molecular complexity index is 1080. The summed E-state index contributed by atoms with van der Waals surface area (Å²) >= 11 is 4.95. The molecular formula is C24H25BrN2O2S. The average molecular weight is 485 g/mol. The summed E-state index contributed by atoms with van der Waals surface area (Å²) in [6.45, 7) is 6.90. The van der Waals surface area contributed by atoms with Crippen molar-refractivity contribution in [3.8, 4) is 0 Å². The van der Waals surface area contributed by atoms with Gasteiger partial charge in [0.1, 0.15) is 10.8 Å². The summed E-state index contributed by atoms with van der Waals surface area (Å²) < 4.78 is 6.19. The Labute approximate surface area is 189 Å². The minimum atomic E-state index is -0.0966. The van der Waals surface area contributed by atoms with Crippen molar-refractivity contribution in [1.82, 2.24) is 0 Å². The third-order valence-corrected chi connectivity index (χ3v) is 7.22. The monoisotopic (exact) mass is 484 g/mol. The van der Waals surface area contributed by atoms with Gasteiger partial charge in [-0.15, -0.1) is 11.3 Å². The molecule has 1 N–H and O–H groups in total. The molecule has 1 aliphatic rings. The zero-order valence-corrected chi connectivity index (χ0v) is 19.8. The smallest absolute Gasteiger partial charge is 0.259 e. The molecule has 4 nitrogen and oxygen atoms in total. The zero-order chi connectivity index (χ0) is 21.3. The molecule has 0 aliphatic heterocycles. The van der Waals surface area contributed by atoms with Crippen LogP contribution in [-0.4, -0.2) is 12.1 Å². The third kappa shape index (κ3) is 4.60. The lowest BCUT2D eigenvalue weighted by atomic mass is 9.72. The summed E-state index contributed by atoms with van der Waals surface area (Å²) in [5.74, 6) is 1.16. The normalized spacial score (nSPS) is 16.6. The fraction of sp³-hybridized carbons (Fsp3) is 0.333. The lowest BCUT2D eigenvalue weighted by Gasteiger charge is -2.33. The molecule has 0 saturated carbocycles. The van der Waals surface area contributed by atoms with Crippen LogP contribution < -0.4 is 5.32 Å². The van der Waals surface area contributed by atoms with Crippen molar-refractivity contribution in [2.45, 2.75) is 40.0 Å². The number of carbonyl (C=O) groups excluding carboxylic acids is 1. The third-order valence-electron chi connectivity index (χ3n) is 5.63. The second-order valence-electron chi connectivity index (χ2n) is 8.71. The van der Waals surface area contributed by atoms with Gasteiger partial charge in [0.15, 0.2) is 4.67 Å². The summed E-state index contributed by atoms with van der Waals surface area (Å²) in [6.07, 6.45) is 4.68. The highest BCUT2D eigenvalue weighted by Gasteiger charge is 2.33. The molecule has 3 aromatic rings. The van der Waals surface area contributed by atoms with Gasteiger partial charge < -0.3 is 9.73 Å². The molecule has 0 fully saturated rings. The molecule has 1 aromatic carbocycles. The van der Waals surface area contributed by atoms with Crippen LogP contribution in [0.2, 0.25) is 0 Å². The summed E-state index contributed by atoms with van der Waals surface area (Å²) in [6, 6.07) is 13.2. The highest BCUT2D eigenvalue weighted by Crippen LogP contribution is 2.45. The number of carbonyl (C=O) groups is 1. The maximum Gasteiger partial charge on any atom is 0.259 e. The molecule has 4 rings (SSSR count). The first-order valence-electron chi connectivity index (χ1n) is 10.1. The second kappa shape index (κ2) is 8.52. The van der Waals surface area contributed by atoms with E-state index in [4.69, 9.17) is 4.42 Å². The van der Waals surface area contributed by atoms with E-state index >= 15 is 0 Å². The van der Waals surface area contributed by atoms with Gasteiger partial charge in [-0.25, -0.2) is 4.99 Å². The fourth-order valence-electron chi connectivity index (χ4n) is 3.87. The van der Waals surface area contributed by atoms with E-state index < -0.39 is 0 Å². The Balaban J connectivity index is 1.70. The van der Waals surface area contributed by atoms with Crippen molar-refractivity contribution in [1.29, 1.82) is 0 Å². The highest BCUT2D eigenvalue weighted by atomic mass is 79.9. The van der Waals surface area contributed by atoms with Crippen LogP contribution in [0.1, 0.15) is 53.8 Å². The van der Waals surface area contributed by atoms with Gasteiger partial charge in [-0.05, 0) is 76.4 Å². The quantitative estimate of drug-likeness (QED) is 0.396. The number of hydrogen-bond acceptors (Lipinski definition) is 4. The number of halogens is 1. The molecule has 6 heteroatoms. The number of furan rings is 1. The van der Waals surface area contributed by atoms with Crippen LogP contribution in [0.25, 0.3) is 0 Å². The maximum atomic E-state index is 13.3. The van der Waals surface area contributed by atoms with E-state index in [2.05, 4.69) is 47.0 Å². The molecule has 0 bridgehead atoms. The van der Waals surface area contributed by atoms with Gasteiger partial charge in [-0.2, -0.15) is 0 Å². The number of para-hydroxylation sites is 1. The van der Waals surface area contributed by atoms with Crippen LogP contribution >= 0.6 is 27.3 Å². The van der Waals surface area contributed by atoms with Crippen molar-refractivity contribution < 1.29 is 9.21 Å². The second-order valence-corrected chi connectivity index (χ2v) is 10.6. The number of nitrogens with zero attached hydrogens (tertiary/aromatic N) is 1. The number of benzene rings is 1.